The zero-order valence-electron chi connectivity index (χ0n) is 24.3. The van der Waals surface area contributed by atoms with E-state index in [9.17, 15) is 22.8 Å². The van der Waals surface area contributed by atoms with Crippen LogP contribution in [0.15, 0.2) is 91.0 Å². The third-order valence-corrected chi connectivity index (χ3v) is 7.70. The van der Waals surface area contributed by atoms with Gasteiger partial charge in [0.2, 0.25) is 0 Å². The first kappa shape index (κ1) is 32.6. The van der Waals surface area contributed by atoms with Crippen molar-refractivity contribution in [1.82, 2.24) is 5.32 Å². The number of carboxylic acid groups (broad SMARTS) is 1. The number of benzene rings is 4. The summed E-state index contributed by atoms with van der Waals surface area (Å²) in [6, 6.07) is 27.0. The highest BCUT2D eigenvalue weighted by atomic mass is 35.5. The van der Waals surface area contributed by atoms with E-state index in [1.54, 1.807) is 24.3 Å². The van der Waals surface area contributed by atoms with E-state index in [0.29, 0.717) is 10.6 Å². The van der Waals surface area contributed by atoms with Gasteiger partial charge < -0.3 is 15.2 Å². The van der Waals surface area contributed by atoms with Gasteiger partial charge in [-0.2, -0.15) is 0 Å². The zero-order valence-corrected chi connectivity index (χ0v) is 25.1. The Morgan fingerprint density at radius 2 is 1.48 bits per heavy atom. The van der Waals surface area contributed by atoms with Gasteiger partial charge in [0.15, 0.2) is 0 Å². The van der Waals surface area contributed by atoms with Gasteiger partial charge in [0.05, 0.1) is 6.42 Å². The number of hydrogen-bond acceptors (Lipinski definition) is 3. The summed E-state index contributed by atoms with van der Waals surface area (Å²) in [6.45, 7) is 4.09. The average Bonchev–Trinajstić information content (AvgIpc) is 2.97. The minimum Gasteiger partial charge on any atom is -0.481 e. The lowest BCUT2D eigenvalue weighted by Crippen LogP contribution is -2.26. The molecule has 4 rings (SSSR count). The van der Waals surface area contributed by atoms with Crippen molar-refractivity contribution in [1.29, 1.82) is 0 Å². The fourth-order valence-electron chi connectivity index (χ4n) is 5.46. The third kappa shape index (κ3) is 8.63. The van der Waals surface area contributed by atoms with Crippen molar-refractivity contribution in [3.63, 3.8) is 0 Å². The van der Waals surface area contributed by atoms with Gasteiger partial charge in [0.1, 0.15) is 5.75 Å². The maximum atomic E-state index is 12.9. The number of hydrogen-bond donors (Lipinski definition) is 2. The molecule has 4 aromatic carbocycles. The highest BCUT2D eigenvalue weighted by Gasteiger charge is 2.32. The fraction of sp³-hybridized carbons (Fsp3) is 0.257. The van der Waals surface area contributed by atoms with Crippen LogP contribution in [0.2, 0.25) is 5.02 Å². The molecule has 230 valence electrons. The number of alkyl halides is 3. The molecule has 44 heavy (non-hydrogen) atoms. The first-order valence-corrected chi connectivity index (χ1v) is 14.6. The summed E-state index contributed by atoms with van der Waals surface area (Å²) >= 11 is 6.15. The summed E-state index contributed by atoms with van der Waals surface area (Å²) in [5, 5.41) is 12.1. The molecule has 4 aromatic rings. The number of aryl methyl sites for hydroxylation is 1. The van der Waals surface area contributed by atoms with Gasteiger partial charge in [-0.15, -0.1) is 13.2 Å². The van der Waals surface area contributed by atoms with Crippen LogP contribution in [0.25, 0.3) is 11.1 Å². The van der Waals surface area contributed by atoms with E-state index in [1.807, 2.05) is 61.5 Å². The van der Waals surface area contributed by atoms with Crippen LogP contribution in [0.1, 0.15) is 70.6 Å². The molecule has 0 aliphatic carbocycles. The first-order valence-electron chi connectivity index (χ1n) is 14.3. The van der Waals surface area contributed by atoms with Crippen LogP contribution in [0.4, 0.5) is 13.2 Å². The number of nitrogens with one attached hydrogen (secondary N) is 1. The van der Waals surface area contributed by atoms with Crippen molar-refractivity contribution in [2.75, 3.05) is 6.54 Å². The van der Waals surface area contributed by atoms with Crippen LogP contribution in [-0.4, -0.2) is 29.9 Å². The zero-order chi connectivity index (χ0) is 31.9. The van der Waals surface area contributed by atoms with Crippen molar-refractivity contribution in [2.45, 2.75) is 51.3 Å². The lowest BCUT2D eigenvalue weighted by molar-refractivity contribution is -0.274. The molecule has 9 heteroatoms. The molecule has 0 heterocycles. The van der Waals surface area contributed by atoms with Gasteiger partial charge in [-0.3, -0.25) is 9.59 Å². The van der Waals surface area contributed by atoms with Gasteiger partial charge in [0.25, 0.3) is 5.91 Å². The number of halogens is 4. The molecule has 0 aliphatic heterocycles. The predicted molar refractivity (Wildman–Crippen MR) is 165 cm³/mol. The van der Waals surface area contributed by atoms with Crippen LogP contribution >= 0.6 is 11.6 Å². The molecule has 1 amide bonds. The van der Waals surface area contributed by atoms with E-state index >= 15 is 0 Å². The van der Waals surface area contributed by atoms with Crippen molar-refractivity contribution >= 4 is 23.5 Å². The lowest BCUT2D eigenvalue weighted by Gasteiger charge is -2.29. The second kappa shape index (κ2) is 14.4. The molecular formula is C35H33ClF3NO4. The monoisotopic (exact) mass is 623 g/mol. The van der Waals surface area contributed by atoms with E-state index in [0.717, 1.165) is 46.2 Å². The molecule has 0 aromatic heterocycles. The minimum atomic E-state index is -4.79. The van der Waals surface area contributed by atoms with Gasteiger partial charge in [0, 0.05) is 23.0 Å². The Balaban J connectivity index is 1.71. The largest absolute Gasteiger partial charge is 0.573 e. The summed E-state index contributed by atoms with van der Waals surface area (Å²) in [5.74, 6) is -1.94. The number of ether oxygens (including phenoxy) is 1. The fourth-order valence-corrected chi connectivity index (χ4v) is 5.69. The molecule has 0 radical (unpaired) electrons. The van der Waals surface area contributed by atoms with Crippen LogP contribution in [0, 0.1) is 6.92 Å². The molecule has 0 saturated heterocycles. The van der Waals surface area contributed by atoms with Crippen molar-refractivity contribution in [3.8, 4) is 16.9 Å². The molecule has 0 spiro atoms. The topological polar surface area (TPSA) is 75.6 Å². The van der Waals surface area contributed by atoms with E-state index in [1.165, 1.54) is 12.1 Å². The van der Waals surface area contributed by atoms with Crippen LogP contribution < -0.4 is 10.1 Å². The summed E-state index contributed by atoms with van der Waals surface area (Å²) < 4.78 is 42.7. The molecule has 2 atom stereocenters. The molecule has 0 saturated carbocycles. The Bertz CT molecular complexity index is 1570. The van der Waals surface area contributed by atoms with E-state index < -0.39 is 12.3 Å². The van der Waals surface area contributed by atoms with Gasteiger partial charge >= 0.3 is 12.3 Å². The van der Waals surface area contributed by atoms with Gasteiger partial charge in [-0.25, -0.2) is 0 Å². The number of rotatable bonds is 12. The van der Waals surface area contributed by atoms with Crippen molar-refractivity contribution in [3.05, 3.63) is 124 Å². The maximum absolute atomic E-state index is 12.9. The lowest BCUT2D eigenvalue weighted by atomic mass is 9.75. The molecule has 2 unspecified atom stereocenters. The van der Waals surface area contributed by atoms with Gasteiger partial charge in [-0.05, 0) is 89.0 Å². The number of carbonyl (C=O) groups excluding carboxylic acids is 1. The standard InChI is InChI=1S/C35H33ClF3NO4/c1-3-4-31(24-7-11-27(12-8-24)34(43)40-20-19-32(41)42)33(26-13-16-29(17-14-26)44-35(37,38)39)25-9-5-23(6-10-25)30-18-15-28(36)21-22(30)2/h5-18,21,31,33H,3-4,19-20H2,1-2H3,(H,40,43)(H,41,42). The number of carbonyl (C=O) groups is 2. The summed E-state index contributed by atoms with van der Waals surface area (Å²) in [7, 11) is 0. The van der Waals surface area contributed by atoms with Crippen LogP contribution in [0.3, 0.4) is 0 Å². The molecule has 5 nitrogen and oxygen atoms in total. The highest BCUT2D eigenvalue weighted by molar-refractivity contribution is 6.30. The number of amides is 1. The smallest absolute Gasteiger partial charge is 0.481 e. The summed E-state index contributed by atoms with van der Waals surface area (Å²) in [5.41, 5.74) is 6.28. The molecular weight excluding hydrogens is 591 g/mol. The Morgan fingerprint density at radius 3 is 2.02 bits per heavy atom. The Hall–Kier alpha value is -4.30. The van der Waals surface area contributed by atoms with Crippen LogP contribution in [0.5, 0.6) is 5.75 Å². The normalized spacial score (nSPS) is 12.8. The Labute approximate surface area is 259 Å². The van der Waals surface area contributed by atoms with Crippen LogP contribution in [-0.2, 0) is 4.79 Å². The summed E-state index contributed by atoms with van der Waals surface area (Å²) in [6.07, 6.45) is -3.35. The highest BCUT2D eigenvalue weighted by Crippen LogP contribution is 2.43. The van der Waals surface area contributed by atoms with Gasteiger partial charge in [-0.1, -0.05) is 79.5 Å². The van der Waals surface area contributed by atoms with Crippen molar-refractivity contribution < 1.29 is 32.6 Å². The average molecular weight is 624 g/mol. The van der Waals surface area contributed by atoms with E-state index in [-0.39, 0.29) is 36.5 Å². The predicted octanol–water partition coefficient (Wildman–Crippen LogP) is 9.13. The van der Waals surface area contributed by atoms with E-state index in [4.69, 9.17) is 16.7 Å². The molecule has 0 fully saturated rings. The minimum absolute atomic E-state index is 0.0238. The second-order valence-corrected chi connectivity index (χ2v) is 11.0. The number of aliphatic carboxylic acids is 1. The number of carboxylic acids is 1. The second-order valence-electron chi connectivity index (χ2n) is 10.6. The Morgan fingerprint density at radius 1 is 0.886 bits per heavy atom. The SMILES string of the molecule is CCCC(c1ccc(C(=O)NCCC(=O)O)cc1)C(c1ccc(OC(F)(F)F)cc1)c1ccc(-c2ccc(Cl)cc2C)cc1. The maximum Gasteiger partial charge on any atom is 0.573 e. The van der Waals surface area contributed by atoms with Crippen molar-refractivity contribution in [2.24, 2.45) is 0 Å². The molecule has 0 bridgehead atoms. The first-order chi connectivity index (χ1) is 20.9. The molecule has 2 N–H and O–H groups in total. The summed E-state index contributed by atoms with van der Waals surface area (Å²) in [4.78, 5) is 23.3. The quantitative estimate of drug-likeness (QED) is 0.165. The third-order valence-electron chi connectivity index (χ3n) is 7.47. The Kier molecular flexibility index (Phi) is 10.7. The molecule has 0 aliphatic rings. The van der Waals surface area contributed by atoms with E-state index in [2.05, 4.69) is 17.0 Å².